The van der Waals surface area contributed by atoms with Gasteiger partial charge in [0.15, 0.2) is 5.79 Å². The van der Waals surface area contributed by atoms with Gasteiger partial charge in [0.25, 0.3) is 0 Å². The molecule has 1 aliphatic heterocycles. The first-order valence-electron chi connectivity index (χ1n) is 4.29. The summed E-state index contributed by atoms with van der Waals surface area (Å²) in [6.07, 6.45) is -0.248. The van der Waals surface area contributed by atoms with Crippen LogP contribution in [0.25, 0.3) is 0 Å². The summed E-state index contributed by atoms with van der Waals surface area (Å²) >= 11 is 0. The van der Waals surface area contributed by atoms with E-state index in [0.717, 1.165) is 0 Å². The van der Waals surface area contributed by atoms with E-state index < -0.39 is 11.9 Å². The lowest BCUT2D eigenvalue weighted by atomic mass is 10.2. The molecule has 0 aromatic carbocycles. The first kappa shape index (κ1) is 8.44. The summed E-state index contributed by atoms with van der Waals surface area (Å²) in [6.45, 7) is 3.68. The normalized spacial score (nSPS) is 51.0. The number of hydrogen-bond acceptors (Lipinski definition) is 4. The van der Waals surface area contributed by atoms with Gasteiger partial charge in [0.05, 0.1) is 6.10 Å². The van der Waals surface area contributed by atoms with Crippen molar-refractivity contribution in [2.24, 2.45) is 5.73 Å². The number of ether oxygens (including phenoxy) is 2. The topological polar surface area (TPSA) is 64.7 Å². The largest absolute Gasteiger partial charge is 0.390 e. The third kappa shape index (κ3) is 1.15. The number of rotatable bonds is 0. The zero-order chi connectivity index (χ0) is 8.93. The fraction of sp³-hybridized carbons (Fsp3) is 1.00. The van der Waals surface area contributed by atoms with Crippen molar-refractivity contribution in [2.75, 3.05) is 0 Å². The van der Waals surface area contributed by atoms with Gasteiger partial charge >= 0.3 is 0 Å². The van der Waals surface area contributed by atoms with Crippen LogP contribution in [-0.2, 0) is 9.47 Å². The molecule has 0 bridgehead atoms. The van der Waals surface area contributed by atoms with Crippen LogP contribution in [0.2, 0.25) is 0 Å². The molecule has 12 heavy (non-hydrogen) atoms. The van der Waals surface area contributed by atoms with Gasteiger partial charge in [-0.05, 0) is 20.3 Å². The first-order valence-corrected chi connectivity index (χ1v) is 4.29. The monoisotopic (exact) mass is 173 g/mol. The van der Waals surface area contributed by atoms with Crippen molar-refractivity contribution in [1.82, 2.24) is 0 Å². The molecule has 70 valence electrons. The number of aliphatic hydroxyl groups excluding tert-OH is 1. The minimum absolute atomic E-state index is 0.0909. The summed E-state index contributed by atoms with van der Waals surface area (Å²) in [5, 5.41) is 9.52. The third-order valence-corrected chi connectivity index (χ3v) is 2.48. The molecule has 4 heteroatoms. The maximum Gasteiger partial charge on any atom is 0.163 e. The molecular weight excluding hydrogens is 158 g/mol. The van der Waals surface area contributed by atoms with Gasteiger partial charge in [-0.15, -0.1) is 0 Å². The SMILES string of the molecule is CC1(C)O[C@@H]2[C@H](O1)[C@H](N)C[C@H]2O. The minimum atomic E-state index is -0.589. The molecule has 2 rings (SSSR count). The molecule has 4 nitrogen and oxygen atoms in total. The van der Waals surface area contributed by atoms with Gasteiger partial charge in [-0.2, -0.15) is 0 Å². The zero-order valence-electron chi connectivity index (χ0n) is 7.36. The van der Waals surface area contributed by atoms with Crippen LogP contribution in [0.3, 0.4) is 0 Å². The maximum atomic E-state index is 9.52. The van der Waals surface area contributed by atoms with Gasteiger partial charge in [-0.3, -0.25) is 0 Å². The van der Waals surface area contributed by atoms with E-state index in [2.05, 4.69) is 0 Å². The Balaban J connectivity index is 2.15. The van der Waals surface area contributed by atoms with Crippen LogP contribution in [0.4, 0.5) is 0 Å². The van der Waals surface area contributed by atoms with E-state index in [1.807, 2.05) is 13.8 Å². The molecule has 0 aromatic rings. The summed E-state index contributed by atoms with van der Waals surface area (Å²) in [5.74, 6) is -0.589. The Labute approximate surface area is 71.6 Å². The van der Waals surface area contributed by atoms with Gasteiger partial charge in [0.2, 0.25) is 0 Å². The molecule has 1 saturated carbocycles. The van der Waals surface area contributed by atoms with Crippen LogP contribution in [0.5, 0.6) is 0 Å². The molecule has 0 amide bonds. The summed E-state index contributed by atoms with van der Waals surface area (Å²) in [4.78, 5) is 0. The fourth-order valence-electron chi connectivity index (χ4n) is 1.99. The van der Waals surface area contributed by atoms with Crippen molar-refractivity contribution in [3.05, 3.63) is 0 Å². The van der Waals surface area contributed by atoms with E-state index in [9.17, 15) is 5.11 Å². The Bertz CT molecular complexity index is 177. The molecule has 0 unspecified atom stereocenters. The van der Waals surface area contributed by atoms with Gasteiger partial charge in [-0.1, -0.05) is 0 Å². The first-order chi connectivity index (χ1) is 5.49. The molecule has 0 aromatic heterocycles. The van der Waals surface area contributed by atoms with Crippen LogP contribution in [0.1, 0.15) is 20.3 Å². The maximum absolute atomic E-state index is 9.52. The molecule has 2 fully saturated rings. The molecule has 1 aliphatic carbocycles. The van der Waals surface area contributed by atoms with Crippen molar-refractivity contribution >= 4 is 0 Å². The summed E-state index contributed by atoms with van der Waals surface area (Å²) in [7, 11) is 0. The van der Waals surface area contributed by atoms with Gasteiger partial charge in [0.1, 0.15) is 12.2 Å². The predicted molar refractivity (Wildman–Crippen MR) is 42.4 cm³/mol. The van der Waals surface area contributed by atoms with E-state index in [1.54, 1.807) is 0 Å². The lowest BCUT2D eigenvalue weighted by Gasteiger charge is -2.20. The van der Waals surface area contributed by atoms with Crippen molar-refractivity contribution in [1.29, 1.82) is 0 Å². The second-order valence-corrected chi connectivity index (χ2v) is 4.03. The second-order valence-electron chi connectivity index (χ2n) is 4.03. The molecule has 1 heterocycles. The number of nitrogens with two attached hydrogens (primary N) is 1. The average molecular weight is 173 g/mol. The molecule has 1 saturated heterocycles. The lowest BCUT2D eigenvalue weighted by Crippen LogP contribution is -2.35. The van der Waals surface area contributed by atoms with E-state index in [-0.39, 0.29) is 18.2 Å². The summed E-state index contributed by atoms with van der Waals surface area (Å²) in [6, 6.07) is -0.0909. The van der Waals surface area contributed by atoms with Crippen LogP contribution in [0.15, 0.2) is 0 Å². The molecular formula is C8H15NO3. The Kier molecular flexibility index (Phi) is 1.70. The Hall–Kier alpha value is -0.160. The van der Waals surface area contributed by atoms with Crippen LogP contribution in [-0.4, -0.2) is 35.2 Å². The Morgan fingerprint density at radius 1 is 1.33 bits per heavy atom. The quantitative estimate of drug-likeness (QED) is 0.523. The van der Waals surface area contributed by atoms with Crippen LogP contribution in [0, 0.1) is 0 Å². The fourth-order valence-corrected chi connectivity index (χ4v) is 1.99. The molecule has 3 N–H and O–H groups in total. The van der Waals surface area contributed by atoms with Crippen molar-refractivity contribution < 1.29 is 14.6 Å². The van der Waals surface area contributed by atoms with Crippen LogP contribution < -0.4 is 5.73 Å². The van der Waals surface area contributed by atoms with Gasteiger partial charge in [0, 0.05) is 6.04 Å². The van der Waals surface area contributed by atoms with E-state index in [4.69, 9.17) is 15.2 Å². The molecule has 2 aliphatic rings. The summed E-state index contributed by atoms with van der Waals surface area (Å²) in [5.41, 5.74) is 5.77. The smallest absolute Gasteiger partial charge is 0.163 e. The second kappa shape index (κ2) is 2.42. The number of fused-ring (bicyclic) bond motifs is 1. The number of aliphatic hydroxyl groups is 1. The highest BCUT2D eigenvalue weighted by molar-refractivity contribution is 5.00. The molecule has 0 radical (unpaired) electrons. The van der Waals surface area contributed by atoms with Gasteiger partial charge in [-0.25, -0.2) is 0 Å². The van der Waals surface area contributed by atoms with Crippen molar-refractivity contribution in [2.45, 2.75) is 50.4 Å². The van der Waals surface area contributed by atoms with E-state index in [0.29, 0.717) is 6.42 Å². The number of hydrogen-bond donors (Lipinski definition) is 2. The highest BCUT2D eigenvalue weighted by Crippen LogP contribution is 2.37. The highest BCUT2D eigenvalue weighted by Gasteiger charge is 2.52. The van der Waals surface area contributed by atoms with E-state index >= 15 is 0 Å². The zero-order valence-corrected chi connectivity index (χ0v) is 7.36. The Morgan fingerprint density at radius 2 is 1.92 bits per heavy atom. The molecule has 0 spiro atoms. The summed E-state index contributed by atoms with van der Waals surface area (Å²) < 4.78 is 11.1. The Morgan fingerprint density at radius 3 is 2.50 bits per heavy atom. The standard InChI is InChI=1S/C8H15NO3/c1-8(2)11-6-4(9)3-5(10)7(6)12-8/h4-7,10H,3,9H2,1-2H3/t4-,5-,6-,7+/m1/s1. The molecule has 4 atom stereocenters. The predicted octanol–water partition coefficient (Wildman–Crippen LogP) is -0.402. The highest BCUT2D eigenvalue weighted by atomic mass is 16.8. The minimum Gasteiger partial charge on any atom is -0.390 e. The van der Waals surface area contributed by atoms with E-state index in [1.165, 1.54) is 0 Å². The lowest BCUT2D eigenvalue weighted by molar-refractivity contribution is -0.163. The van der Waals surface area contributed by atoms with Crippen LogP contribution >= 0.6 is 0 Å². The third-order valence-electron chi connectivity index (χ3n) is 2.48. The van der Waals surface area contributed by atoms with Crippen molar-refractivity contribution in [3.63, 3.8) is 0 Å². The van der Waals surface area contributed by atoms with Crippen molar-refractivity contribution in [3.8, 4) is 0 Å². The average Bonchev–Trinajstić information content (AvgIpc) is 2.34. The van der Waals surface area contributed by atoms with Gasteiger partial charge < -0.3 is 20.3 Å².